The minimum atomic E-state index is 0.0363. The highest BCUT2D eigenvalue weighted by Crippen LogP contribution is 2.40. The van der Waals surface area contributed by atoms with Gasteiger partial charge in [0.05, 0.1) is 5.25 Å². The molecule has 1 aliphatic heterocycles. The molecule has 3 aromatic rings. The molecule has 0 fully saturated rings. The van der Waals surface area contributed by atoms with Gasteiger partial charge in [0.2, 0.25) is 11.8 Å². The fourth-order valence-corrected chi connectivity index (χ4v) is 3.49. The molecule has 0 saturated carbocycles. The third kappa shape index (κ3) is 3.49. The molecule has 6 heteroatoms. The van der Waals surface area contributed by atoms with E-state index in [0.717, 1.165) is 22.0 Å². The number of benzene rings is 2. The van der Waals surface area contributed by atoms with Crippen LogP contribution in [0.2, 0.25) is 0 Å². The lowest BCUT2D eigenvalue weighted by atomic mass is 10.1. The van der Waals surface area contributed by atoms with Crippen molar-refractivity contribution in [2.75, 3.05) is 13.2 Å². The molecule has 0 saturated heterocycles. The number of fused-ring (bicyclic) bond motifs is 1. The Labute approximate surface area is 150 Å². The van der Waals surface area contributed by atoms with Gasteiger partial charge in [0.15, 0.2) is 11.5 Å². The van der Waals surface area contributed by atoms with E-state index in [1.165, 1.54) is 5.56 Å². The van der Waals surface area contributed by atoms with Crippen LogP contribution in [0.5, 0.6) is 11.5 Å². The van der Waals surface area contributed by atoms with Crippen molar-refractivity contribution in [2.24, 2.45) is 0 Å². The fraction of sp³-hybridized carbons (Fsp3) is 0.263. The van der Waals surface area contributed by atoms with Gasteiger partial charge in [0.25, 0.3) is 0 Å². The van der Waals surface area contributed by atoms with E-state index in [1.807, 2.05) is 49.4 Å². The van der Waals surface area contributed by atoms with Crippen LogP contribution in [-0.4, -0.2) is 23.4 Å². The van der Waals surface area contributed by atoms with Gasteiger partial charge >= 0.3 is 0 Å². The number of nitrogens with zero attached hydrogens (tertiary/aromatic N) is 2. The van der Waals surface area contributed by atoms with Crippen LogP contribution in [0.3, 0.4) is 0 Å². The molecule has 5 nitrogen and oxygen atoms in total. The number of hydrogen-bond donors (Lipinski definition) is 0. The molecular formula is C19H18N2O3S. The summed E-state index contributed by atoms with van der Waals surface area (Å²) in [5.74, 6) is 2.73. The van der Waals surface area contributed by atoms with Crippen molar-refractivity contribution >= 4 is 11.8 Å². The summed E-state index contributed by atoms with van der Waals surface area (Å²) in [6, 6.07) is 14.0. The number of aryl methyl sites for hydroxylation is 1. The minimum absolute atomic E-state index is 0.0363. The predicted molar refractivity (Wildman–Crippen MR) is 96.2 cm³/mol. The number of hydrogen-bond acceptors (Lipinski definition) is 6. The van der Waals surface area contributed by atoms with Crippen LogP contribution in [0.25, 0.3) is 11.5 Å². The summed E-state index contributed by atoms with van der Waals surface area (Å²) < 4.78 is 17.0. The second-order valence-corrected chi connectivity index (χ2v) is 7.29. The third-order valence-electron chi connectivity index (χ3n) is 3.91. The van der Waals surface area contributed by atoms with Crippen molar-refractivity contribution in [1.82, 2.24) is 10.2 Å². The first-order valence-corrected chi connectivity index (χ1v) is 9.04. The zero-order chi connectivity index (χ0) is 17.2. The summed E-state index contributed by atoms with van der Waals surface area (Å²) >= 11 is 1.65. The monoisotopic (exact) mass is 354 g/mol. The Kier molecular flexibility index (Phi) is 4.36. The Bertz CT molecular complexity index is 877. The minimum Gasteiger partial charge on any atom is -0.486 e. The van der Waals surface area contributed by atoms with Crippen LogP contribution in [0.4, 0.5) is 0 Å². The van der Waals surface area contributed by atoms with Crippen molar-refractivity contribution in [3.8, 4) is 23.0 Å². The molecule has 0 aliphatic carbocycles. The highest BCUT2D eigenvalue weighted by atomic mass is 32.2. The molecule has 1 aliphatic rings. The molecule has 0 amide bonds. The van der Waals surface area contributed by atoms with Crippen LogP contribution in [-0.2, 0) is 0 Å². The van der Waals surface area contributed by atoms with Gasteiger partial charge in [-0.25, -0.2) is 0 Å². The van der Waals surface area contributed by atoms with Crippen molar-refractivity contribution in [2.45, 2.75) is 24.0 Å². The van der Waals surface area contributed by atoms with Gasteiger partial charge in [0.1, 0.15) is 13.2 Å². The molecule has 128 valence electrons. The zero-order valence-electron chi connectivity index (χ0n) is 14.1. The van der Waals surface area contributed by atoms with Crippen molar-refractivity contribution < 1.29 is 13.9 Å². The molecule has 25 heavy (non-hydrogen) atoms. The summed E-state index contributed by atoms with van der Waals surface area (Å²) in [7, 11) is 0. The van der Waals surface area contributed by atoms with Crippen molar-refractivity contribution in [3.63, 3.8) is 0 Å². The molecule has 0 radical (unpaired) electrons. The fourth-order valence-electron chi connectivity index (χ4n) is 2.56. The topological polar surface area (TPSA) is 57.4 Å². The van der Waals surface area contributed by atoms with Crippen LogP contribution >= 0.6 is 11.8 Å². The first-order chi connectivity index (χ1) is 12.2. The highest BCUT2D eigenvalue weighted by Gasteiger charge is 2.18. The Hall–Kier alpha value is -2.47. The summed E-state index contributed by atoms with van der Waals surface area (Å²) in [5, 5.41) is 8.42. The summed E-state index contributed by atoms with van der Waals surface area (Å²) in [4.78, 5) is 1.08. The third-order valence-corrected chi connectivity index (χ3v) is 4.99. The molecule has 0 unspecified atom stereocenters. The smallest absolute Gasteiger partial charge is 0.247 e. The molecule has 4 rings (SSSR count). The van der Waals surface area contributed by atoms with Gasteiger partial charge in [-0.1, -0.05) is 17.7 Å². The molecule has 0 spiro atoms. The quantitative estimate of drug-likeness (QED) is 0.635. The Morgan fingerprint density at radius 2 is 1.72 bits per heavy atom. The summed E-state index contributed by atoms with van der Waals surface area (Å²) in [6.45, 7) is 5.28. The zero-order valence-corrected chi connectivity index (χ0v) is 14.9. The van der Waals surface area contributed by atoms with Crippen LogP contribution in [0, 0.1) is 6.92 Å². The lowest BCUT2D eigenvalue weighted by Gasteiger charge is -2.19. The van der Waals surface area contributed by atoms with Gasteiger partial charge < -0.3 is 13.9 Å². The van der Waals surface area contributed by atoms with E-state index in [4.69, 9.17) is 13.9 Å². The highest BCUT2D eigenvalue weighted by molar-refractivity contribution is 7.99. The van der Waals surface area contributed by atoms with Crippen molar-refractivity contribution in [1.29, 1.82) is 0 Å². The second kappa shape index (κ2) is 6.80. The van der Waals surface area contributed by atoms with E-state index < -0.39 is 0 Å². The van der Waals surface area contributed by atoms with E-state index in [0.29, 0.717) is 25.0 Å². The van der Waals surface area contributed by atoms with Gasteiger partial charge in [-0.15, -0.1) is 22.0 Å². The maximum atomic E-state index is 5.86. The molecule has 1 atom stereocenters. The normalized spacial score (nSPS) is 14.3. The van der Waals surface area contributed by atoms with E-state index in [-0.39, 0.29) is 5.25 Å². The SMILES string of the molecule is Cc1ccc(-c2nnc([C@@H](C)Sc3ccc4c(c3)OCCO4)o2)cc1. The molecular weight excluding hydrogens is 336 g/mol. The van der Waals surface area contributed by atoms with E-state index >= 15 is 0 Å². The average Bonchev–Trinajstić information content (AvgIpc) is 3.12. The maximum absolute atomic E-state index is 5.86. The van der Waals surface area contributed by atoms with Crippen LogP contribution < -0.4 is 9.47 Å². The largest absolute Gasteiger partial charge is 0.486 e. The predicted octanol–water partition coefficient (Wildman–Crippen LogP) is 4.67. The standard InChI is InChI=1S/C19H18N2O3S/c1-12-3-5-14(6-4-12)19-21-20-18(24-19)13(2)25-15-7-8-16-17(11-15)23-10-9-22-16/h3-8,11,13H,9-10H2,1-2H3/t13-/m1/s1. The number of aromatic nitrogens is 2. The van der Waals surface area contributed by atoms with Crippen LogP contribution in [0.1, 0.15) is 23.6 Å². The lowest BCUT2D eigenvalue weighted by Crippen LogP contribution is -2.15. The van der Waals surface area contributed by atoms with Crippen LogP contribution in [0.15, 0.2) is 51.8 Å². The average molecular weight is 354 g/mol. The Balaban J connectivity index is 1.50. The molecule has 0 bridgehead atoms. The van der Waals surface area contributed by atoms with Gasteiger partial charge in [-0.2, -0.15) is 0 Å². The summed E-state index contributed by atoms with van der Waals surface area (Å²) in [5.41, 5.74) is 2.13. The molecule has 1 aromatic heterocycles. The maximum Gasteiger partial charge on any atom is 0.247 e. The molecule has 0 N–H and O–H groups in total. The number of rotatable bonds is 4. The van der Waals surface area contributed by atoms with Gasteiger partial charge in [0, 0.05) is 10.5 Å². The van der Waals surface area contributed by atoms with Gasteiger partial charge in [-0.3, -0.25) is 0 Å². The van der Waals surface area contributed by atoms with E-state index in [1.54, 1.807) is 11.8 Å². The van der Waals surface area contributed by atoms with Gasteiger partial charge in [-0.05, 0) is 44.2 Å². The Morgan fingerprint density at radius 3 is 2.52 bits per heavy atom. The number of thioether (sulfide) groups is 1. The number of ether oxygens (including phenoxy) is 2. The van der Waals surface area contributed by atoms with E-state index in [2.05, 4.69) is 17.1 Å². The first-order valence-electron chi connectivity index (χ1n) is 8.16. The molecule has 2 aromatic carbocycles. The Morgan fingerprint density at radius 1 is 0.960 bits per heavy atom. The van der Waals surface area contributed by atoms with E-state index in [9.17, 15) is 0 Å². The molecule has 2 heterocycles. The summed E-state index contributed by atoms with van der Waals surface area (Å²) in [6.07, 6.45) is 0. The lowest BCUT2D eigenvalue weighted by molar-refractivity contribution is 0.171. The second-order valence-electron chi connectivity index (χ2n) is 5.88. The first kappa shape index (κ1) is 16.0. The van der Waals surface area contributed by atoms with Crippen molar-refractivity contribution in [3.05, 3.63) is 53.9 Å².